The van der Waals surface area contributed by atoms with Gasteiger partial charge in [0.1, 0.15) is 11.0 Å². The molecule has 1 atom stereocenters. The van der Waals surface area contributed by atoms with Crippen LogP contribution < -0.4 is 4.74 Å². The zero-order chi connectivity index (χ0) is 15.9. The molecule has 1 heterocycles. The number of ether oxygens (including phenoxy) is 2. The van der Waals surface area contributed by atoms with Crippen molar-refractivity contribution in [2.24, 2.45) is 0 Å². The fourth-order valence-corrected chi connectivity index (χ4v) is 2.47. The summed E-state index contributed by atoms with van der Waals surface area (Å²) in [5, 5.41) is 7.92. The summed E-state index contributed by atoms with van der Waals surface area (Å²) in [7, 11) is 1.62. The number of hydrogen-bond donors (Lipinski definition) is 0. The van der Waals surface area contributed by atoms with Crippen LogP contribution in [0.2, 0.25) is 0 Å². The van der Waals surface area contributed by atoms with Gasteiger partial charge in [-0.25, -0.2) is 0 Å². The molecule has 1 aromatic carbocycles. The largest absolute Gasteiger partial charge is 0.497 e. The van der Waals surface area contributed by atoms with Gasteiger partial charge in [0.05, 0.1) is 20.1 Å². The summed E-state index contributed by atoms with van der Waals surface area (Å²) in [6, 6.07) is 7.65. The summed E-state index contributed by atoms with van der Waals surface area (Å²) in [4.78, 5) is 11.6. The lowest BCUT2D eigenvalue weighted by Gasteiger charge is -2.06. The number of thioether (sulfide) groups is 1. The normalized spacial score (nSPS) is 12.0. The molecule has 1 unspecified atom stereocenters. The third kappa shape index (κ3) is 4.49. The van der Waals surface area contributed by atoms with Gasteiger partial charge in [-0.05, 0) is 31.5 Å². The Hall–Kier alpha value is -2.02. The molecule has 0 aliphatic carbocycles. The van der Waals surface area contributed by atoms with Crippen molar-refractivity contribution in [2.45, 2.75) is 30.7 Å². The fraction of sp³-hybridized carbons (Fsp3) is 0.400. The Morgan fingerprint density at radius 2 is 2.23 bits per heavy atom. The molecule has 2 rings (SSSR count). The minimum Gasteiger partial charge on any atom is -0.497 e. The second-order valence-electron chi connectivity index (χ2n) is 4.50. The van der Waals surface area contributed by atoms with Gasteiger partial charge in [0, 0.05) is 0 Å². The summed E-state index contributed by atoms with van der Waals surface area (Å²) in [6.07, 6.45) is 0.512. The van der Waals surface area contributed by atoms with Crippen LogP contribution >= 0.6 is 11.8 Å². The van der Waals surface area contributed by atoms with Crippen LogP contribution in [-0.2, 0) is 16.0 Å². The van der Waals surface area contributed by atoms with Gasteiger partial charge in [-0.3, -0.25) is 4.79 Å². The van der Waals surface area contributed by atoms with Crippen LogP contribution in [0.15, 0.2) is 33.9 Å². The van der Waals surface area contributed by atoms with Crippen molar-refractivity contribution < 1.29 is 18.7 Å². The van der Waals surface area contributed by atoms with Crippen molar-refractivity contribution in [1.82, 2.24) is 10.2 Å². The van der Waals surface area contributed by atoms with Gasteiger partial charge < -0.3 is 13.9 Å². The number of hydrogen-bond acceptors (Lipinski definition) is 7. The summed E-state index contributed by atoms with van der Waals surface area (Å²) in [6.45, 7) is 3.87. The molecular formula is C15H18N2O4S. The van der Waals surface area contributed by atoms with Crippen LogP contribution in [0.1, 0.15) is 25.3 Å². The lowest BCUT2D eigenvalue weighted by Crippen LogP contribution is -2.16. The Bertz CT molecular complexity index is 630. The highest BCUT2D eigenvalue weighted by Crippen LogP contribution is 2.24. The first-order valence-electron chi connectivity index (χ1n) is 6.91. The Kier molecular flexibility index (Phi) is 5.83. The minimum atomic E-state index is -0.384. The third-order valence-corrected chi connectivity index (χ3v) is 3.75. The van der Waals surface area contributed by atoms with Crippen LogP contribution in [0.5, 0.6) is 5.75 Å². The molecule has 0 amide bonds. The molecule has 22 heavy (non-hydrogen) atoms. The van der Waals surface area contributed by atoms with E-state index in [0.717, 1.165) is 11.3 Å². The number of methoxy groups -OCH3 is 1. The number of rotatable bonds is 7. The zero-order valence-corrected chi connectivity index (χ0v) is 13.6. The van der Waals surface area contributed by atoms with Crippen molar-refractivity contribution in [3.63, 3.8) is 0 Å². The first-order chi connectivity index (χ1) is 10.6. The van der Waals surface area contributed by atoms with E-state index in [2.05, 4.69) is 10.2 Å². The van der Waals surface area contributed by atoms with E-state index in [4.69, 9.17) is 13.9 Å². The Morgan fingerprint density at radius 3 is 2.95 bits per heavy atom. The van der Waals surface area contributed by atoms with Gasteiger partial charge in [0.25, 0.3) is 5.22 Å². The third-order valence-electron chi connectivity index (χ3n) is 2.83. The lowest BCUT2D eigenvalue weighted by atomic mass is 10.1. The molecule has 0 fully saturated rings. The van der Waals surface area contributed by atoms with Crippen LogP contribution in [0, 0.1) is 0 Å². The number of esters is 1. The van der Waals surface area contributed by atoms with Crippen LogP contribution in [-0.4, -0.2) is 35.1 Å². The maximum atomic E-state index is 11.6. The first kappa shape index (κ1) is 16.4. The maximum Gasteiger partial charge on any atom is 0.319 e. The molecule has 2 aromatic rings. The summed E-state index contributed by atoms with van der Waals surface area (Å²) >= 11 is 1.19. The second-order valence-corrected chi connectivity index (χ2v) is 5.79. The smallest absolute Gasteiger partial charge is 0.319 e. The number of carbonyl (C=O) groups is 1. The molecule has 0 aliphatic rings. The van der Waals surface area contributed by atoms with E-state index >= 15 is 0 Å². The standard InChI is InChI=1S/C15H18N2O4S/c1-4-20-14(18)10(2)22-15-17-16-13(21-15)9-11-6-5-7-12(8-11)19-3/h5-8,10H,4,9H2,1-3H3. The average molecular weight is 322 g/mol. The number of aromatic nitrogens is 2. The maximum absolute atomic E-state index is 11.6. The molecule has 1 aromatic heterocycles. The Morgan fingerprint density at radius 1 is 1.41 bits per heavy atom. The highest BCUT2D eigenvalue weighted by molar-refractivity contribution is 8.00. The molecule has 7 heteroatoms. The van der Waals surface area contributed by atoms with Crippen LogP contribution in [0.3, 0.4) is 0 Å². The molecule has 0 bridgehead atoms. The minimum absolute atomic E-state index is 0.292. The number of nitrogens with zero attached hydrogens (tertiary/aromatic N) is 2. The monoisotopic (exact) mass is 322 g/mol. The lowest BCUT2D eigenvalue weighted by molar-refractivity contribution is -0.142. The van der Waals surface area contributed by atoms with Crippen LogP contribution in [0.25, 0.3) is 0 Å². The molecule has 6 nitrogen and oxygen atoms in total. The molecule has 0 spiro atoms. The van der Waals surface area contributed by atoms with E-state index in [9.17, 15) is 4.79 Å². The quantitative estimate of drug-likeness (QED) is 0.573. The molecular weight excluding hydrogens is 304 g/mol. The molecule has 0 aliphatic heterocycles. The van der Waals surface area contributed by atoms with Gasteiger partial charge in [0.15, 0.2) is 0 Å². The van der Waals surface area contributed by atoms with Crippen molar-refractivity contribution in [1.29, 1.82) is 0 Å². The van der Waals surface area contributed by atoms with E-state index in [1.807, 2.05) is 24.3 Å². The van der Waals surface area contributed by atoms with Crippen molar-refractivity contribution in [2.75, 3.05) is 13.7 Å². The van der Waals surface area contributed by atoms with Gasteiger partial charge >= 0.3 is 5.97 Å². The number of carbonyl (C=O) groups excluding carboxylic acids is 1. The van der Waals surface area contributed by atoms with E-state index in [1.54, 1.807) is 21.0 Å². The van der Waals surface area contributed by atoms with Crippen LogP contribution in [0.4, 0.5) is 0 Å². The topological polar surface area (TPSA) is 74.5 Å². The predicted octanol–water partition coefficient (Wildman–Crippen LogP) is 2.71. The zero-order valence-electron chi connectivity index (χ0n) is 12.7. The highest BCUT2D eigenvalue weighted by Gasteiger charge is 2.19. The van der Waals surface area contributed by atoms with Gasteiger partial charge in [0.2, 0.25) is 5.89 Å². The van der Waals surface area contributed by atoms with Gasteiger partial charge in [-0.15, -0.1) is 10.2 Å². The van der Waals surface area contributed by atoms with E-state index in [-0.39, 0.29) is 11.2 Å². The van der Waals surface area contributed by atoms with E-state index in [0.29, 0.717) is 24.1 Å². The second kappa shape index (κ2) is 7.84. The van der Waals surface area contributed by atoms with Gasteiger partial charge in [-0.1, -0.05) is 23.9 Å². The predicted molar refractivity (Wildman–Crippen MR) is 82.1 cm³/mol. The summed E-state index contributed by atoms with van der Waals surface area (Å²) in [5.74, 6) is 0.981. The van der Waals surface area contributed by atoms with E-state index < -0.39 is 0 Å². The summed E-state index contributed by atoms with van der Waals surface area (Å²) < 4.78 is 15.7. The van der Waals surface area contributed by atoms with Crippen molar-refractivity contribution in [3.8, 4) is 5.75 Å². The highest BCUT2D eigenvalue weighted by atomic mass is 32.2. The number of benzene rings is 1. The molecule has 0 saturated carbocycles. The fourth-order valence-electron chi connectivity index (χ4n) is 1.77. The SMILES string of the molecule is CCOC(=O)C(C)Sc1nnc(Cc2cccc(OC)c2)o1. The summed E-state index contributed by atoms with van der Waals surface area (Å²) in [5.41, 5.74) is 1.01. The molecule has 0 radical (unpaired) electrons. The first-order valence-corrected chi connectivity index (χ1v) is 7.79. The Balaban J connectivity index is 1.97. The van der Waals surface area contributed by atoms with E-state index in [1.165, 1.54) is 11.8 Å². The molecule has 0 saturated heterocycles. The van der Waals surface area contributed by atoms with Crippen molar-refractivity contribution >= 4 is 17.7 Å². The molecule has 118 valence electrons. The van der Waals surface area contributed by atoms with Gasteiger partial charge in [-0.2, -0.15) is 0 Å². The average Bonchev–Trinajstić information content (AvgIpc) is 2.94. The molecule has 0 N–H and O–H groups in total. The Labute approximate surface area is 133 Å². The van der Waals surface area contributed by atoms with Crippen molar-refractivity contribution in [3.05, 3.63) is 35.7 Å².